The minimum absolute atomic E-state index is 0.115. The molecule has 0 amide bonds. The van der Waals surface area contributed by atoms with E-state index in [1.807, 2.05) is 30.3 Å². The number of ether oxygens (including phenoxy) is 1. The quantitative estimate of drug-likeness (QED) is 0.575. The van der Waals surface area contributed by atoms with Crippen LogP contribution < -0.4 is 10.1 Å². The predicted molar refractivity (Wildman–Crippen MR) is 125 cm³/mol. The number of para-hydroxylation sites is 1. The topological polar surface area (TPSA) is 55.4 Å². The average molecular weight is 468 g/mol. The first-order valence-corrected chi connectivity index (χ1v) is 11.7. The van der Waals surface area contributed by atoms with Gasteiger partial charge in [-0.05, 0) is 43.9 Å². The number of carbonyl (C=O) groups excluding carboxylic acids is 2. The van der Waals surface area contributed by atoms with Crippen LogP contribution in [0.4, 0.5) is 0 Å². The molecule has 0 fully saturated rings. The molecule has 32 heavy (non-hydrogen) atoms. The zero-order chi connectivity index (χ0) is 22.2. The molecule has 0 aromatic heterocycles. The standard InChI is InChI=1S/C26H23Cl2NO3/c27-16-12-11-15(18(28)13-16)14-32-23-10-2-1-5-17(23)24-25-19(6-3-8-21(25)30)29-20-7-4-9-22(31)26(20)24/h1-2,5,10-13,24,29H,3-4,6-9,14H2. The van der Waals surface area contributed by atoms with Crippen molar-refractivity contribution in [3.63, 3.8) is 0 Å². The van der Waals surface area contributed by atoms with Crippen LogP contribution in [0.5, 0.6) is 5.75 Å². The van der Waals surface area contributed by atoms with Crippen molar-refractivity contribution in [3.05, 3.63) is 86.2 Å². The summed E-state index contributed by atoms with van der Waals surface area (Å²) in [4.78, 5) is 26.1. The number of benzene rings is 2. The van der Waals surface area contributed by atoms with Crippen molar-refractivity contribution >= 4 is 34.8 Å². The van der Waals surface area contributed by atoms with Crippen LogP contribution in [0, 0.1) is 0 Å². The highest BCUT2D eigenvalue weighted by Gasteiger charge is 2.41. The summed E-state index contributed by atoms with van der Waals surface area (Å²) in [6.45, 7) is 0.262. The first-order chi connectivity index (χ1) is 15.5. The Hall–Kier alpha value is -2.56. The number of hydrogen-bond acceptors (Lipinski definition) is 4. The molecule has 2 aromatic rings. The van der Waals surface area contributed by atoms with E-state index < -0.39 is 5.92 Å². The van der Waals surface area contributed by atoms with Gasteiger partial charge in [-0.25, -0.2) is 0 Å². The lowest BCUT2D eigenvalue weighted by Gasteiger charge is -2.37. The molecule has 4 nitrogen and oxygen atoms in total. The summed E-state index contributed by atoms with van der Waals surface area (Å²) in [6, 6.07) is 13.0. The van der Waals surface area contributed by atoms with Gasteiger partial charge in [0, 0.05) is 62.5 Å². The Kier molecular flexibility index (Phi) is 5.83. The number of halogens is 2. The van der Waals surface area contributed by atoms with Gasteiger partial charge >= 0.3 is 0 Å². The SMILES string of the molecule is O=C1CCCC2=C1C(c1ccccc1OCc1ccc(Cl)cc1Cl)C1=C(CCCC1=O)N2. The molecule has 0 saturated heterocycles. The van der Waals surface area contributed by atoms with E-state index in [2.05, 4.69) is 5.32 Å². The largest absolute Gasteiger partial charge is 0.489 e. The van der Waals surface area contributed by atoms with Gasteiger partial charge in [0.25, 0.3) is 0 Å². The molecule has 1 aliphatic heterocycles. The van der Waals surface area contributed by atoms with E-state index in [-0.39, 0.29) is 18.2 Å². The number of nitrogens with one attached hydrogen (secondary N) is 1. The van der Waals surface area contributed by atoms with Crippen LogP contribution in [-0.2, 0) is 16.2 Å². The van der Waals surface area contributed by atoms with Crippen molar-refractivity contribution < 1.29 is 14.3 Å². The molecule has 2 aliphatic carbocycles. The molecule has 0 bridgehead atoms. The van der Waals surface area contributed by atoms with E-state index in [1.165, 1.54) is 0 Å². The molecule has 0 saturated carbocycles. The van der Waals surface area contributed by atoms with E-state index in [4.69, 9.17) is 27.9 Å². The van der Waals surface area contributed by atoms with Crippen LogP contribution in [0.1, 0.15) is 55.6 Å². The fourth-order valence-electron chi connectivity index (χ4n) is 4.94. The van der Waals surface area contributed by atoms with Gasteiger partial charge in [0.15, 0.2) is 11.6 Å². The second kappa shape index (κ2) is 8.76. The third-order valence-corrected chi connectivity index (χ3v) is 7.01. The molecule has 5 rings (SSSR count). The molecule has 0 atom stereocenters. The van der Waals surface area contributed by atoms with E-state index in [0.29, 0.717) is 28.6 Å². The molecule has 2 aromatic carbocycles. The molecular formula is C26H23Cl2NO3. The number of rotatable bonds is 4. The van der Waals surface area contributed by atoms with Crippen LogP contribution in [-0.4, -0.2) is 11.6 Å². The summed E-state index contributed by atoms with van der Waals surface area (Å²) < 4.78 is 6.21. The predicted octanol–water partition coefficient (Wildman–Crippen LogP) is 6.27. The number of hydrogen-bond donors (Lipinski definition) is 1. The van der Waals surface area contributed by atoms with Gasteiger partial charge in [-0.3, -0.25) is 9.59 Å². The van der Waals surface area contributed by atoms with E-state index in [0.717, 1.165) is 59.4 Å². The number of carbonyl (C=O) groups is 2. The molecule has 3 aliphatic rings. The summed E-state index contributed by atoms with van der Waals surface area (Å²) >= 11 is 12.3. The molecule has 1 N–H and O–H groups in total. The fourth-order valence-corrected chi connectivity index (χ4v) is 5.40. The maximum absolute atomic E-state index is 13.1. The third-order valence-electron chi connectivity index (χ3n) is 6.42. The third kappa shape index (κ3) is 3.87. The fraction of sp³-hybridized carbons (Fsp3) is 0.308. The maximum Gasteiger partial charge on any atom is 0.161 e. The van der Waals surface area contributed by atoms with Gasteiger partial charge in [0.2, 0.25) is 0 Å². The summed E-state index contributed by atoms with van der Waals surface area (Å²) in [5.41, 5.74) is 5.06. The molecule has 164 valence electrons. The van der Waals surface area contributed by atoms with Gasteiger partial charge in [-0.1, -0.05) is 47.5 Å². The lowest BCUT2D eigenvalue weighted by atomic mass is 9.71. The summed E-state index contributed by atoms with van der Waals surface area (Å²) in [6.07, 6.45) is 4.34. The molecule has 1 heterocycles. The maximum atomic E-state index is 13.1. The van der Waals surface area contributed by atoms with Crippen LogP contribution in [0.25, 0.3) is 0 Å². The first kappa shape index (κ1) is 21.3. The lowest BCUT2D eigenvalue weighted by molar-refractivity contribution is -0.116. The zero-order valence-corrected chi connectivity index (χ0v) is 19.1. The Morgan fingerprint density at radius 3 is 2.19 bits per heavy atom. The van der Waals surface area contributed by atoms with Gasteiger partial charge in [-0.15, -0.1) is 0 Å². The monoisotopic (exact) mass is 467 g/mol. The van der Waals surface area contributed by atoms with Crippen molar-refractivity contribution in [2.75, 3.05) is 0 Å². The summed E-state index contributed by atoms with van der Waals surface area (Å²) in [5, 5.41) is 4.56. The van der Waals surface area contributed by atoms with Gasteiger partial charge in [0.05, 0.1) is 0 Å². The number of Topliss-reactive ketones (excluding diaryl/α,β-unsaturated/α-hetero) is 2. The Balaban J connectivity index is 1.57. The number of dihydropyridines is 1. The Morgan fingerprint density at radius 1 is 0.875 bits per heavy atom. The molecule has 0 spiro atoms. The first-order valence-electron chi connectivity index (χ1n) is 11.0. The second-order valence-corrected chi connectivity index (χ2v) is 9.30. The van der Waals surface area contributed by atoms with Crippen LogP contribution in [0.2, 0.25) is 10.0 Å². The lowest BCUT2D eigenvalue weighted by Crippen LogP contribution is -2.36. The Morgan fingerprint density at radius 2 is 1.53 bits per heavy atom. The highest BCUT2D eigenvalue weighted by Crippen LogP contribution is 2.47. The van der Waals surface area contributed by atoms with Crippen molar-refractivity contribution in [3.8, 4) is 5.75 Å². The van der Waals surface area contributed by atoms with E-state index >= 15 is 0 Å². The highest BCUT2D eigenvalue weighted by molar-refractivity contribution is 6.35. The molecule has 0 unspecified atom stereocenters. The summed E-state index contributed by atoms with van der Waals surface area (Å²) in [5.74, 6) is 0.494. The van der Waals surface area contributed by atoms with Crippen LogP contribution >= 0.6 is 23.2 Å². The molecule has 0 radical (unpaired) electrons. The van der Waals surface area contributed by atoms with E-state index in [1.54, 1.807) is 12.1 Å². The van der Waals surface area contributed by atoms with Crippen LogP contribution in [0.3, 0.4) is 0 Å². The minimum Gasteiger partial charge on any atom is -0.489 e. The van der Waals surface area contributed by atoms with Gasteiger partial charge < -0.3 is 10.1 Å². The van der Waals surface area contributed by atoms with Gasteiger partial charge in [-0.2, -0.15) is 0 Å². The smallest absolute Gasteiger partial charge is 0.161 e. The van der Waals surface area contributed by atoms with Gasteiger partial charge in [0.1, 0.15) is 12.4 Å². The number of allylic oxidation sites excluding steroid dienone is 4. The Bertz CT molecular complexity index is 1140. The Labute approximate surface area is 197 Å². The molecule has 6 heteroatoms. The second-order valence-electron chi connectivity index (χ2n) is 8.46. The molecular weight excluding hydrogens is 445 g/mol. The van der Waals surface area contributed by atoms with Crippen molar-refractivity contribution in [1.29, 1.82) is 0 Å². The van der Waals surface area contributed by atoms with Crippen molar-refractivity contribution in [2.45, 2.75) is 51.0 Å². The average Bonchev–Trinajstić information content (AvgIpc) is 2.78. The summed E-state index contributed by atoms with van der Waals surface area (Å²) in [7, 11) is 0. The normalized spacial score (nSPS) is 18.9. The highest BCUT2D eigenvalue weighted by atomic mass is 35.5. The zero-order valence-electron chi connectivity index (χ0n) is 17.5. The number of ketones is 2. The van der Waals surface area contributed by atoms with Crippen molar-refractivity contribution in [2.24, 2.45) is 0 Å². The van der Waals surface area contributed by atoms with Crippen LogP contribution in [0.15, 0.2) is 65.0 Å². The minimum atomic E-state index is -0.390. The van der Waals surface area contributed by atoms with E-state index in [9.17, 15) is 9.59 Å². The van der Waals surface area contributed by atoms with Crippen molar-refractivity contribution in [1.82, 2.24) is 5.32 Å².